The van der Waals surface area contributed by atoms with Crippen LogP contribution in [0, 0.1) is 0 Å². The zero-order valence-electron chi connectivity index (χ0n) is 3.49. The van der Waals surface area contributed by atoms with Crippen LogP contribution in [0.3, 0.4) is 0 Å². The topological polar surface area (TPSA) is 12.0 Å². The lowest BCUT2D eigenvalue weighted by atomic mass is 10.6. The molecule has 0 atom stereocenters. The molecule has 0 spiro atoms. The Morgan fingerprint density at radius 2 is 2.83 bits per heavy atom. The lowest BCUT2D eigenvalue weighted by molar-refractivity contribution is 1.20. The Morgan fingerprint density at radius 1 is 2.00 bits per heavy atom. The second-order valence-electron chi connectivity index (χ2n) is 1.11. The molecule has 0 saturated heterocycles. The maximum atomic E-state index is 2.99. The van der Waals surface area contributed by atoms with Crippen molar-refractivity contribution in [3.8, 4) is 0 Å². The Morgan fingerprint density at radius 3 is 3.00 bits per heavy atom. The van der Waals surface area contributed by atoms with Gasteiger partial charge >= 0.3 is 0 Å². The van der Waals surface area contributed by atoms with E-state index in [-0.39, 0.29) is 0 Å². The fourth-order valence-corrected chi connectivity index (χ4v) is 0.795. The van der Waals surface area contributed by atoms with E-state index in [0.717, 1.165) is 5.70 Å². The number of allylic oxidation sites excluding steroid dienone is 1. The summed E-state index contributed by atoms with van der Waals surface area (Å²) in [6, 6.07) is 0. The van der Waals surface area contributed by atoms with Crippen molar-refractivity contribution >= 4 is 21.5 Å². The van der Waals surface area contributed by atoms with Gasteiger partial charge in [-0.3, -0.25) is 0 Å². The molecule has 0 fully saturated rings. The second kappa shape index (κ2) is 1.33. The van der Waals surface area contributed by atoms with Crippen LogP contribution < -0.4 is 5.32 Å². The van der Waals surface area contributed by atoms with Crippen molar-refractivity contribution < 1.29 is 0 Å². The maximum absolute atomic E-state index is 2.99. The molecule has 1 rings (SSSR count). The Labute approximate surface area is 40.2 Å². The van der Waals surface area contributed by atoms with Gasteiger partial charge < -0.3 is 5.32 Å². The molecule has 0 bridgehead atoms. The first kappa shape index (κ1) is 3.72. The van der Waals surface area contributed by atoms with E-state index in [0.29, 0.717) is 0 Å². The Hall–Kier alpha value is -0.460. The van der Waals surface area contributed by atoms with E-state index >= 15 is 0 Å². The van der Waals surface area contributed by atoms with Gasteiger partial charge in [-0.1, -0.05) is 10.9 Å². The lowest BCUT2D eigenvalue weighted by Gasteiger charge is -1.83. The van der Waals surface area contributed by atoms with Gasteiger partial charge in [-0.25, -0.2) is 0 Å². The normalized spacial score (nSPS) is 15.8. The van der Waals surface area contributed by atoms with Crippen molar-refractivity contribution in [1.29, 1.82) is 0 Å². The van der Waals surface area contributed by atoms with Crippen LogP contribution >= 0.6 is 10.9 Å². The predicted molar refractivity (Wildman–Crippen MR) is 31.0 cm³/mol. The molecular weight excluding hydrogens is 94.1 g/mol. The monoisotopic (exact) mass is 99.0 g/mol. The average Bonchev–Trinajstić information content (AvgIpc) is 1.86. The van der Waals surface area contributed by atoms with Crippen LogP contribution in [0.2, 0.25) is 0 Å². The van der Waals surface area contributed by atoms with Crippen LogP contribution in [0.4, 0.5) is 0 Å². The van der Waals surface area contributed by atoms with Crippen molar-refractivity contribution in [3.05, 3.63) is 5.70 Å². The maximum Gasteiger partial charge on any atom is 0.0659 e. The van der Waals surface area contributed by atoms with Gasteiger partial charge in [0, 0.05) is 0 Å². The van der Waals surface area contributed by atoms with E-state index in [9.17, 15) is 0 Å². The number of hydrogen-bond donors (Lipinski definition) is 1. The average molecular weight is 99.2 g/mol. The molecule has 1 aliphatic rings. The van der Waals surface area contributed by atoms with Crippen LogP contribution in [0.1, 0.15) is 6.92 Å². The molecule has 1 aliphatic heterocycles. The molecule has 0 aliphatic carbocycles. The van der Waals surface area contributed by atoms with Crippen LogP contribution in [0.15, 0.2) is 5.70 Å². The molecule has 1 N–H and O–H groups in total. The molecule has 0 aromatic carbocycles. The molecular formula is C4H5NS. The summed E-state index contributed by atoms with van der Waals surface area (Å²) in [6.07, 6.45) is 0. The van der Waals surface area contributed by atoms with Gasteiger partial charge in [0.1, 0.15) is 0 Å². The number of rotatable bonds is 0. The zero-order valence-corrected chi connectivity index (χ0v) is 4.30. The van der Waals surface area contributed by atoms with Crippen molar-refractivity contribution in [3.63, 3.8) is 0 Å². The number of hydrogen-bond acceptors (Lipinski definition) is 1. The summed E-state index contributed by atoms with van der Waals surface area (Å²) in [5.74, 6) is 0. The van der Waals surface area contributed by atoms with Crippen molar-refractivity contribution in [1.82, 2.24) is 5.32 Å². The van der Waals surface area contributed by atoms with Gasteiger partial charge in [0.05, 0.1) is 11.2 Å². The zero-order chi connectivity index (χ0) is 4.41. The van der Waals surface area contributed by atoms with Crippen molar-refractivity contribution in [2.45, 2.75) is 6.92 Å². The summed E-state index contributed by atoms with van der Waals surface area (Å²) >= 11 is 0. The van der Waals surface area contributed by atoms with Crippen molar-refractivity contribution in [2.75, 3.05) is 0 Å². The molecule has 0 saturated carbocycles. The van der Waals surface area contributed by atoms with E-state index in [1.807, 2.05) is 12.4 Å². The van der Waals surface area contributed by atoms with Gasteiger partial charge in [-0.05, 0) is 11.9 Å². The molecule has 32 valence electrons. The molecule has 0 aromatic rings. The molecule has 0 amide bonds. The highest BCUT2D eigenvalue weighted by Gasteiger charge is 1.79. The quantitative estimate of drug-likeness (QED) is 0.433. The predicted octanol–water partition coefficient (Wildman–Crippen LogP) is 0.387. The summed E-state index contributed by atoms with van der Waals surface area (Å²) in [7, 11) is 1.56. The third kappa shape index (κ3) is 0.534. The number of nitrogens with one attached hydrogen (secondary N) is 1. The minimum atomic E-state index is 1.11. The molecule has 1 nitrogen and oxygen atoms in total. The molecule has 6 heavy (non-hydrogen) atoms. The first-order chi connectivity index (χ1) is 2.89. The van der Waals surface area contributed by atoms with Crippen LogP contribution in [-0.2, 0) is 0 Å². The van der Waals surface area contributed by atoms with Crippen LogP contribution in [-0.4, -0.2) is 10.5 Å². The van der Waals surface area contributed by atoms with Gasteiger partial charge in [0.15, 0.2) is 0 Å². The summed E-state index contributed by atoms with van der Waals surface area (Å²) in [5.41, 5.74) is 3.01. The molecule has 1 heterocycles. The Kier molecular flexibility index (Phi) is 0.825. The van der Waals surface area contributed by atoms with E-state index in [4.69, 9.17) is 0 Å². The van der Waals surface area contributed by atoms with Gasteiger partial charge in [-0.2, -0.15) is 0 Å². The smallest absolute Gasteiger partial charge is 0.0659 e. The fourth-order valence-electron chi connectivity index (χ4n) is 0.265. The molecule has 0 radical (unpaired) electrons. The summed E-state index contributed by atoms with van der Waals surface area (Å²) < 4.78 is 0. The van der Waals surface area contributed by atoms with Gasteiger partial charge in [0.2, 0.25) is 0 Å². The Bertz CT molecular complexity index is 147. The second-order valence-corrected chi connectivity index (χ2v) is 1.78. The SMILES string of the molecule is CC1=C=S=CN1. The minimum Gasteiger partial charge on any atom is -0.349 e. The van der Waals surface area contributed by atoms with E-state index in [1.54, 1.807) is 10.9 Å². The largest absolute Gasteiger partial charge is 0.349 e. The minimum absolute atomic E-state index is 1.11. The molecule has 2 heteroatoms. The first-order valence-corrected chi connectivity index (χ1v) is 2.61. The van der Waals surface area contributed by atoms with Crippen LogP contribution in [0.5, 0.6) is 0 Å². The third-order valence-corrected chi connectivity index (χ3v) is 1.21. The van der Waals surface area contributed by atoms with E-state index in [2.05, 4.69) is 10.3 Å². The van der Waals surface area contributed by atoms with Gasteiger partial charge in [0.25, 0.3) is 0 Å². The van der Waals surface area contributed by atoms with Crippen LogP contribution in [0.25, 0.3) is 0 Å². The highest BCUT2D eigenvalue weighted by molar-refractivity contribution is 7.95. The molecule has 0 aromatic heterocycles. The fraction of sp³-hybridized carbons (Fsp3) is 0.250. The van der Waals surface area contributed by atoms with Crippen molar-refractivity contribution in [2.24, 2.45) is 0 Å². The first-order valence-electron chi connectivity index (χ1n) is 1.73. The summed E-state index contributed by atoms with van der Waals surface area (Å²) in [4.78, 5) is 0. The van der Waals surface area contributed by atoms with E-state index < -0.39 is 0 Å². The lowest BCUT2D eigenvalue weighted by Crippen LogP contribution is -2.01. The highest BCUT2D eigenvalue weighted by Crippen LogP contribution is 1.79. The summed E-state index contributed by atoms with van der Waals surface area (Å²) in [5, 5.41) is 5.95. The van der Waals surface area contributed by atoms with E-state index in [1.165, 1.54) is 0 Å². The standard InChI is InChI=1S/C4H5NS/c1-4-2-6-3-5-4/h3,5H,1H3. The summed E-state index contributed by atoms with van der Waals surface area (Å²) in [6.45, 7) is 1.98. The molecule has 0 unspecified atom stereocenters. The Balaban J connectivity index is 3.07. The highest BCUT2D eigenvalue weighted by atomic mass is 32.1. The van der Waals surface area contributed by atoms with Gasteiger partial charge in [-0.15, -0.1) is 0 Å². The third-order valence-electron chi connectivity index (χ3n) is 0.546.